The highest BCUT2D eigenvalue weighted by molar-refractivity contribution is 5.81. The van der Waals surface area contributed by atoms with Crippen LogP contribution in [0.2, 0.25) is 0 Å². The number of rotatable bonds is 4. The van der Waals surface area contributed by atoms with Crippen molar-refractivity contribution in [3.05, 3.63) is 53.6 Å². The molecular weight excluding hydrogens is 401 g/mol. The molecule has 1 fully saturated rings. The highest BCUT2D eigenvalue weighted by Crippen LogP contribution is 2.35. The number of ether oxygens (including phenoxy) is 3. The largest absolute Gasteiger partial charge is 0.485 e. The lowest BCUT2D eigenvalue weighted by Gasteiger charge is -2.30. The molecule has 1 atom stereocenters. The van der Waals surface area contributed by atoms with Gasteiger partial charge >= 0.3 is 6.18 Å². The number of alkyl halides is 3. The van der Waals surface area contributed by atoms with Crippen LogP contribution in [0.3, 0.4) is 0 Å². The van der Waals surface area contributed by atoms with E-state index in [4.69, 9.17) is 14.2 Å². The molecule has 2 aliphatic heterocycles. The van der Waals surface area contributed by atoms with E-state index in [1.807, 2.05) is 4.90 Å². The maximum atomic E-state index is 13.6. The summed E-state index contributed by atoms with van der Waals surface area (Å²) in [6.07, 6.45) is -5.46. The minimum Gasteiger partial charge on any atom is -0.485 e. The molecule has 1 amide bonds. The van der Waals surface area contributed by atoms with Gasteiger partial charge < -0.3 is 24.4 Å². The number of nitrogens with one attached hydrogen (secondary N) is 1. The summed E-state index contributed by atoms with van der Waals surface area (Å²) in [6, 6.07) is 11.1. The van der Waals surface area contributed by atoms with Crippen LogP contribution >= 0.6 is 0 Å². The fourth-order valence-corrected chi connectivity index (χ4v) is 3.45. The number of fused-ring (bicyclic) bond motifs is 1. The van der Waals surface area contributed by atoms with Crippen LogP contribution in [0.25, 0.3) is 0 Å². The summed E-state index contributed by atoms with van der Waals surface area (Å²) in [5.74, 6) is 0.421. The monoisotopic (exact) mass is 422 g/mol. The molecule has 0 aliphatic carbocycles. The van der Waals surface area contributed by atoms with Gasteiger partial charge in [0.05, 0.1) is 18.8 Å². The molecule has 4 rings (SSSR count). The number of carbonyl (C=O) groups is 1. The number of benzene rings is 2. The first-order chi connectivity index (χ1) is 14.4. The van der Waals surface area contributed by atoms with E-state index in [1.54, 1.807) is 30.3 Å². The molecule has 0 unspecified atom stereocenters. The minimum atomic E-state index is -4.54. The first-order valence-electron chi connectivity index (χ1n) is 9.61. The van der Waals surface area contributed by atoms with Crippen LogP contribution in [0, 0.1) is 0 Å². The van der Waals surface area contributed by atoms with E-state index in [0.717, 1.165) is 6.07 Å². The van der Waals surface area contributed by atoms with Crippen molar-refractivity contribution < 1.29 is 32.2 Å². The molecule has 0 bridgehead atoms. The van der Waals surface area contributed by atoms with Gasteiger partial charge in [0, 0.05) is 25.3 Å². The van der Waals surface area contributed by atoms with E-state index in [-0.39, 0.29) is 18.7 Å². The van der Waals surface area contributed by atoms with Gasteiger partial charge in [0.2, 0.25) is 6.10 Å². The van der Waals surface area contributed by atoms with Crippen molar-refractivity contribution in [2.45, 2.75) is 18.8 Å². The van der Waals surface area contributed by atoms with Crippen LogP contribution in [-0.2, 0) is 22.3 Å². The summed E-state index contributed by atoms with van der Waals surface area (Å²) in [7, 11) is 0. The predicted molar refractivity (Wildman–Crippen MR) is 103 cm³/mol. The van der Waals surface area contributed by atoms with Gasteiger partial charge in [-0.2, -0.15) is 13.2 Å². The van der Waals surface area contributed by atoms with Gasteiger partial charge in [-0.1, -0.05) is 18.2 Å². The Kier molecular flexibility index (Phi) is 5.72. The second-order valence-electron chi connectivity index (χ2n) is 7.02. The number of para-hydroxylation sites is 2. The van der Waals surface area contributed by atoms with Gasteiger partial charge in [0.15, 0.2) is 11.5 Å². The summed E-state index contributed by atoms with van der Waals surface area (Å²) in [5, 5.41) is 2.53. The molecule has 9 heteroatoms. The molecule has 160 valence electrons. The van der Waals surface area contributed by atoms with Crippen LogP contribution in [0.5, 0.6) is 11.5 Å². The summed E-state index contributed by atoms with van der Waals surface area (Å²) in [5.41, 5.74) is -0.288. The molecule has 2 aromatic carbocycles. The van der Waals surface area contributed by atoms with Crippen LogP contribution in [-0.4, -0.2) is 44.9 Å². The third kappa shape index (κ3) is 4.46. The Bertz CT molecular complexity index is 913. The van der Waals surface area contributed by atoms with Crippen LogP contribution < -0.4 is 19.7 Å². The quantitative estimate of drug-likeness (QED) is 0.821. The fourth-order valence-electron chi connectivity index (χ4n) is 3.45. The number of hydrogen-bond donors (Lipinski definition) is 1. The van der Waals surface area contributed by atoms with E-state index in [0.29, 0.717) is 43.5 Å². The Hall–Kier alpha value is -2.94. The molecule has 2 aliphatic rings. The maximum absolute atomic E-state index is 13.6. The second-order valence-corrected chi connectivity index (χ2v) is 7.02. The molecule has 0 radical (unpaired) electrons. The molecule has 0 aromatic heterocycles. The Morgan fingerprint density at radius 1 is 1.10 bits per heavy atom. The number of halogens is 3. The minimum absolute atomic E-state index is 0.00898. The lowest BCUT2D eigenvalue weighted by molar-refractivity contribution is -0.138. The summed E-state index contributed by atoms with van der Waals surface area (Å²) >= 11 is 0. The number of morpholine rings is 1. The van der Waals surface area contributed by atoms with Crippen molar-refractivity contribution >= 4 is 11.6 Å². The lowest BCUT2D eigenvalue weighted by Crippen LogP contribution is -2.43. The fraction of sp³-hybridized carbons (Fsp3) is 0.381. The van der Waals surface area contributed by atoms with Crippen LogP contribution in [0.4, 0.5) is 18.9 Å². The zero-order chi connectivity index (χ0) is 21.1. The Balaban J connectivity index is 1.45. The Morgan fingerprint density at radius 2 is 1.83 bits per heavy atom. The zero-order valence-corrected chi connectivity index (χ0v) is 16.1. The van der Waals surface area contributed by atoms with Crippen LogP contribution in [0.1, 0.15) is 11.1 Å². The van der Waals surface area contributed by atoms with Crippen molar-refractivity contribution in [2.24, 2.45) is 0 Å². The molecule has 0 spiro atoms. The average molecular weight is 422 g/mol. The smallest absolute Gasteiger partial charge is 0.416 e. The highest BCUT2D eigenvalue weighted by Gasteiger charge is 2.35. The number of carbonyl (C=O) groups excluding carboxylic acids is 1. The number of hydrogen-bond acceptors (Lipinski definition) is 5. The maximum Gasteiger partial charge on any atom is 0.416 e. The lowest BCUT2D eigenvalue weighted by atomic mass is 10.0. The molecular formula is C21H21F3N2O4. The van der Waals surface area contributed by atoms with E-state index in [9.17, 15) is 18.0 Å². The first kappa shape index (κ1) is 20.3. The molecule has 0 saturated carbocycles. The molecule has 2 aromatic rings. The van der Waals surface area contributed by atoms with E-state index in [2.05, 4.69) is 5.32 Å². The molecule has 6 nitrogen and oxygen atoms in total. The Labute approximate surface area is 171 Å². The van der Waals surface area contributed by atoms with E-state index in [1.165, 1.54) is 6.07 Å². The van der Waals surface area contributed by atoms with Gasteiger partial charge in [-0.3, -0.25) is 4.79 Å². The second kappa shape index (κ2) is 8.43. The molecule has 1 N–H and O–H groups in total. The third-order valence-electron chi connectivity index (χ3n) is 5.03. The van der Waals surface area contributed by atoms with Gasteiger partial charge in [-0.25, -0.2) is 0 Å². The normalized spacial score (nSPS) is 18.8. The highest BCUT2D eigenvalue weighted by atomic mass is 19.4. The number of anilines is 1. The predicted octanol–water partition coefficient (Wildman–Crippen LogP) is 3.00. The molecule has 30 heavy (non-hydrogen) atoms. The van der Waals surface area contributed by atoms with Crippen molar-refractivity contribution in [1.82, 2.24) is 5.32 Å². The number of nitrogens with zero attached hydrogens (tertiary/aromatic N) is 1. The van der Waals surface area contributed by atoms with Crippen molar-refractivity contribution in [3.8, 4) is 11.5 Å². The zero-order valence-electron chi connectivity index (χ0n) is 16.1. The summed E-state index contributed by atoms with van der Waals surface area (Å²) in [4.78, 5) is 14.3. The first-order valence-corrected chi connectivity index (χ1v) is 9.61. The number of amides is 1. The summed E-state index contributed by atoms with van der Waals surface area (Å²) < 4.78 is 57.3. The van der Waals surface area contributed by atoms with Gasteiger partial charge in [-0.05, 0) is 29.8 Å². The standard InChI is InChI=1S/C21H21F3N2O4/c22-21(23,24)16-11-15(26-7-9-28-10-8-26)6-5-14(16)12-25-20(27)19-13-29-17-3-1-2-4-18(17)30-19/h1-6,11,19H,7-10,12-13H2,(H,25,27)/t19-/m1/s1. The SMILES string of the molecule is O=C(NCc1ccc(N2CCOCC2)cc1C(F)(F)F)[C@H]1COc2ccccc2O1. The average Bonchev–Trinajstić information content (AvgIpc) is 2.77. The van der Waals surface area contributed by atoms with Crippen LogP contribution in [0.15, 0.2) is 42.5 Å². The molecule has 2 heterocycles. The third-order valence-corrected chi connectivity index (χ3v) is 5.03. The van der Waals surface area contributed by atoms with E-state index >= 15 is 0 Å². The molecule has 1 saturated heterocycles. The van der Waals surface area contributed by atoms with E-state index < -0.39 is 23.8 Å². The topological polar surface area (TPSA) is 60.0 Å². The van der Waals surface area contributed by atoms with Crippen molar-refractivity contribution in [2.75, 3.05) is 37.8 Å². The Morgan fingerprint density at radius 3 is 2.57 bits per heavy atom. The van der Waals surface area contributed by atoms with Gasteiger partial charge in [0.25, 0.3) is 5.91 Å². The van der Waals surface area contributed by atoms with Gasteiger partial charge in [-0.15, -0.1) is 0 Å². The van der Waals surface area contributed by atoms with Crippen molar-refractivity contribution in [1.29, 1.82) is 0 Å². The van der Waals surface area contributed by atoms with Crippen molar-refractivity contribution in [3.63, 3.8) is 0 Å². The van der Waals surface area contributed by atoms with Gasteiger partial charge in [0.1, 0.15) is 6.61 Å². The summed E-state index contributed by atoms with van der Waals surface area (Å²) in [6.45, 7) is 1.75.